The van der Waals surface area contributed by atoms with Crippen molar-refractivity contribution in [1.82, 2.24) is 0 Å². The summed E-state index contributed by atoms with van der Waals surface area (Å²) in [5.74, 6) is 0.393. The second-order valence-electron chi connectivity index (χ2n) is 2.38. The van der Waals surface area contributed by atoms with Crippen molar-refractivity contribution < 1.29 is 5.11 Å². The average Bonchev–Trinajstić information content (AvgIpc) is 2.09. The molecule has 0 atom stereocenters. The highest BCUT2D eigenvalue weighted by Crippen LogP contribution is 2.30. The van der Waals surface area contributed by atoms with Crippen molar-refractivity contribution in [2.75, 3.05) is 5.88 Å². The van der Waals surface area contributed by atoms with E-state index in [4.69, 9.17) is 34.8 Å². The minimum Gasteiger partial charge on any atom is -0.506 e. The van der Waals surface area contributed by atoms with Crippen LogP contribution in [0, 0.1) is 0 Å². The molecule has 13 heavy (non-hydrogen) atoms. The molecular formula is C9H7Cl3O. The van der Waals surface area contributed by atoms with Crippen molar-refractivity contribution in [1.29, 1.82) is 0 Å². The molecular weight excluding hydrogens is 230 g/mol. The number of phenols is 1. The van der Waals surface area contributed by atoms with Crippen LogP contribution in [0.3, 0.4) is 0 Å². The summed E-state index contributed by atoms with van der Waals surface area (Å²) in [6, 6.07) is 2.99. The van der Waals surface area contributed by atoms with Gasteiger partial charge in [0.15, 0.2) is 0 Å². The Morgan fingerprint density at radius 1 is 1.23 bits per heavy atom. The van der Waals surface area contributed by atoms with E-state index in [0.717, 1.165) is 5.56 Å². The Morgan fingerprint density at radius 2 is 1.92 bits per heavy atom. The predicted octanol–water partition coefficient (Wildman–Crippen LogP) is 3.95. The van der Waals surface area contributed by atoms with Crippen LogP contribution in [-0.4, -0.2) is 11.0 Å². The summed E-state index contributed by atoms with van der Waals surface area (Å²) >= 11 is 17.0. The molecule has 0 aliphatic carbocycles. The van der Waals surface area contributed by atoms with Gasteiger partial charge < -0.3 is 5.11 Å². The van der Waals surface area contributed by atoms with Crippen molar-refractivity contribution in [3.05, 3.63) is 33.8 Å². The van der Waals surface area contributed by atoms with E-state index >= 15 is 0 Å². The first-order valence-electron chi connectivity index (χ1n) is 3.55. The first-order chi connectivity index (χ1) is 6.15. The quantitative estimate of drug-likeness (QED) is 0.772. The number of aromatic hydroxyl groups is 1. The summed E-state index contributed by atoms with van der Waals surface area (Å²) in [4.78, 5) is 0. The standard InChI is InChI=1S/C9H7Cl3O/c10-3-1-2-6-4-8(12)9(13)5-7(6)11/h1-2,4-5,13H,3H2. The third-order valence-electron chi connectivity index (χ3n) is 1.45. The van der Waals surface area contributed by atoms with Crippen LogP contribution in [-0.2, 0) is 0 Å². The molecule has 70 valence electrons. The van der Waals surface area contributed by atoms with E-state index in [1.165, 1.54) is 6.07 Å². The molecule has 4 heteroatoms. The molecule has 1 rings (SSSR count). The van der Waals surface area contributed by atoms with E-state index in [2.05, 4.69) is 0 Å². The second-order valence-corrected chi connectivity index (χ2v) is 3.50. The number of rotatable bonds is 2. The highest BCUT2D eigenvalue weighted by atomic mass is 35.5. The third kappa shape index (κ3) is 2.80. The van der Waals surface area contributed by atoms with Crippen LogP contribution in [0.25, 0.3) is 6.08 Å². The average molecular weight is 238 g/mol. The van der Waals surface area contributed by atoms with Crippen molar-refractivity contribution in [3.63, 3.8) is 0 Å². The van der Waals surface area contributed by atoms with Gasteiger partial charge >= 0.3 is 0 Å². The molecule has 0 amide bonds. The van der Waals surface area contributed by atoms with Gasteiger partial charge in [0.1, 0.15) is 5.75 Å². The Hall–Kier alpha value is -0.370. The summed E-state index contributed by atoms with van der Waals surface area (Å²) in [6.45, 7) is 0. The number of alkyl halides is 1. The van der Waals surface area contributed by atoms with Gasteiger partial charge in [0.05, 0.1) is 10.0 Å². The first kappa shape index (κ1) is 10.7. The molecule has 1 nitrogen and oxygen atoms in total. The van der Waals surface area contributed by atoms with Crippen LogP contribution < -0.4 is 0 Å². The van der Waals surface area contributed by atoms with Gasteiger partial charge in [0.2, 0.25) is 0 Å². The van der Waals surface area contributed by atoms with Crippen molar-refractivity contribution in [2.24, 2.45) is 0 Å². The van der Waals surface area contributed by atoms with Crippen LogP contribution in [0.1, 0.15) is 5.56 Å². The topological polar surface area (TPSA) is 20.2 Å². The van der Waals surface area contributed by atoms with E-state index in [-0.39, 0.29) is 10.8 Å². The molecule has 0 spiro atoms. The molecule has 0 fully saturated rings. The maximum absolute atomic E-state index is 9.18. The lowest BCUT2D eigenvalue weighted by atomic mass is 10.2. The monoisotopic (exact) mass is 236 g/mol. The normalized spacial score (nSPS) is 11.0. The number of allylic oxidation sites excluding steroid dienone is 1. The predicted molar refractivity (Wildman–Crippen MR) is 57.9 cm³/mol. The van der Waals surface area contributed by atoms with Crippen LogP contribution in [0.15, 0.2) is 18.2 Å². The van der Waals surface area contributed by atoms with Crippen molar-refractivity contribution in [2.45, 2.75) is 0 Å². The van der Waals surface area contributed by atoms with E-state index < -0.39 is 0 Å². The lowest BCUT2D eigenvalue weighted by molar-refractivity contribution is 0.475. The molecule has 0 aliphatic rings. The van der Waals surface area contributed by atoms with E-state index in [1.54, 1.807) is 18.2 Å². The fourth-order valence-corrected chi connectivity index (χ4v) is 1.33. The Bertz CT molecular complexity index is 334. The van der Waals surface area contributed by atoms with Gasteiger partial charge in [-0.15, -0.1) is 11.6 Å². The van der Waals surface area contributed by atoms with Crippen LogP contribution in [0.2, 0.25) is 10.0 Å². The molecule has 0 bridgehead atoms. The number of phenolic OH excluding ortho intramolecular Hbond substituents is 1. The van der Waals surface area contributed by atoms with Gasteiger partial charge in [-0.1, -0.05) is 35.4 Å². The Labute approximate surface area is 91.5 Å². The zero-order valence-electron chi connectivity index (χ0n) is 6.60. The third-order valence-corrected chi connectivity index (χ3v) is 2.26. The fourth-order valence-electron chi connectivity index (χ4n) is 0.851. The minimum atomic E-state index is -0.0188. The largest absolute Gasteiger partial charge is 0.506 e. The summed E-state index contributed by atoms with van der Waals surface area (Å²) in [7, 11) is 0. The minimum absolute atomic E-state index is 0.0188. The van der Waals surface area contributed by atoms with E-state index in [9.17, 15) is 5.11 Å². The zero-order chi connectivity index (χ0) is 9.84. The molecule has 0 saturated heterocycles. The maximum Gasteiger partial charge on any atom is 0.135 e. The van der Waals surface area contributed by atoms with E-state index in [1.807, 2.05) is 0 Å². The highest BCUT2D eigenvalue weighted by Gasteiger charge is 2.03. The summed E-state index contributed by atoms with van der Waals surface area (Å²) < 4.78 is 0. The Kier molecular flexibility index (Phi) is 3.91. The highest BCUT2D eigenvalue weighted by molar-refractivity contribution is 6.35. The van der Waals surface area contributed by atoms with Gasteiger partial charge in [-0.25, -0.2) is 0 Å². The van der Waals surface area contributed by atoms with Crippen LogP contribution in [0.5, 0.6) is 5.75 Å². The molecule has 0 aromatic heterocycles. The zero-order valence-corrected chi connectivity index (χ0v) is 8.87. The van der Waals surface area contributed by atoms with Crippen LogP contribution >= 0.6 is 34.8 Å². The summed E-state index contributed by atoms with van der Waals surface area (Å²) in [5.41, 5.74) is 0.741. The number of halogens is 3. The number of hydrogen-bond donors (Lipinski definition) is 1. The van der Waals surface area contributed by atoms with Crippen molar-refractivity contribution >= 4 is 40.9 Å². The summed E-state index contributed by atoms with van der Waals surface area (Å²) in [6.07, 6.45) is 3.50. The van der Waals surface area contributed by atoms with Crippen molar-refractivity contribution in [3.8, 4) is 5.75 Å². The molecule has 0 heterocycles. The SMILES string of the molecule is Oc1cc(Cl)c(C=CCCl)cc1Cl. The lowest BCUT2D eigenvalue weighted by Crippen LogP contribution is -1.77. The van der Waals surface area contributed by atoms with Gasteiger partial charge in [-0.2, -0.15) is 0 Å². The van der Waals surface area contributed by atoms with Gasteiger partial charge in [-0.3, -0.25) is 0 Å². The van der Waals surface area contributed by atoms with Gasteiger partial charge in [0, 0.05) is 11.9 Å². The lowest BCUT2D eigenvalue weighted by Gasteiger charge is -2.01. The maximum atomic E-state index is 9.18. The number of hydrogen-bond acceptors (Lipinski definition) is 1. The summed E-state index contributed by atoms with van der Waals surface area (Å²) in [5, 5.41) is 9.91. The molecule has 0 saturated carbocycles. The van der Waals surface area contributed by atoms with Gasteiger partial charge in [-0.05, 0) is 11.6 Å². The molecule has 0 radical (unpaired) electrons. The Morgan fingerprint density at radius 3 is 2.54 bits per heavy atom. The molecule has 0 unspecified atom stereocenters. The first-order valence-corrected chi connectivity index (χ1v) is 4.84. The van der Waals surface area contributed by atoms with Gasteiger partial charge in [0.25, 0.3) is 0 Å². The van der Waals surface area contributed by atoms with Crippen LogP contribution in [0.4, 0.5) is 0 Å². The van der Waals surface area contributed by atoms with E-state index in [0.29, 0.717) is 10.9 Å². The Balaban J connectivity index is 3.08. The molecule has 1 aromatic rings. The second kappa shape index (κ2) is 4.75. The fraction of sp³-hybridized carbons (Fsp3) is 0.111. The molecule has 1 N–H and O–H groups in total. The smallest absolute Gasteiger partial charge is 0.135 e. The molecule has 1 aromatic carbocycles. The molecule has 0 aliphatic heterocycles. The number of benzene rings is 1.